The van der Waals surface area contributed by atoms with Gasteiger partial charge in [0, 0.05) is 11.6 Å². The first-order valence-corrected chi connectivity index (χ1v) is 9.73. The molecule has 0 aliphatic heterocycles. The minimum absolute atomic E-state index is 0.191. The van der Waals surface area contributed by atoms with Crippen molar-refractivity contribution in [1.82, 2.24) is 10.3 Å². The van der Waals surface area contributed by atoms with E-state index in [4.69, 9.17) is 0 Å². The molecule has 3 nitrogen and oxygen atoms in total. The van der Waals surface area contributed by atoms with Crippen molar-refractivity contribution >= 4 is 10.9 Å². The fourth-order valence-corrected chi connectivity index (χ4v) is 5.97. The van der Waals surface area contributed by atoms with Gasteiger partial charge in [0.1, 0.15) is 12.0 Å². The van der Waals surface area contributed by atoms with Crippen LogP contribution in [0.2, 0.25) is 0 Å². The predicted octanol–water partition coefficient (Wildman–Crippen LogP) is 4.60. The maximum Gasteiger partial charge on any atom is 0.123 e. The lowest BCUT2D eigenvalue weighted by atomic mass is 9.71. The number of pyridine rings is 1. The van der Waals surface area contributed by atoms with Gasteiger partial charge in [-0.1, -0.05) is 13.8 Å². The van der Waals surface area contributed by atoms with Gasteiger partial charge >= 0.3 is 0 Å². The zero-order valence-corrected chi connectivity index (χ0v) is 15.9. The number of rotatable bonds is 4. The summed E-state index contributed by atoms with van der Waals surface area (Å²) in [6, 6.07) is 7.00. The Labute approximate surface area is 155 Å². The molecule has 2 saturated carbocycles. The monoisotopic (exact) mass is 356 g/mol. The number of aliphatic hydroxyl groups excluding tert-OH is 1. The van der Waals surface area contributed by atoms with Gasteiger partial charge in [-0.2, -0.15) is 0 Å². The van der Waals surface area contributed by atoms with Crippen molar-refractivity contribution in [2.45, 2.75) is 58.1 Å². The molecule has 0 bridgehead atoms. The van der Waals surface area contributed by atoms with E-state index in [0.29, 0.717) is 11.8 Å². The van der Waals surface area contributed by atoms with Crippen LogP contribution in [0, 0.1) is 22.6 Å². The number of aromatic nitrogens is 1. The van der Waals surface area contributed by atoms with Crippen LogP contribution in [-0.2, 0) is 0 Å². The van der Waals surface area contributed by atoms with Crippen LogP contribution in [0.1, 0.15) is 57.4 Å². The molecule has 0 saturated heterocycles. The van der Waals surface area contributed by atoms with E-state index < -0.39 is 6.23 Å². The molecule has 1 aromatic carbocycles. The highest BCUT2D eigenvalue weighted by molar-refractivity contribution is 5.82. The molecular formula is C22H29FN2O. The summed E-state index contributed by atoms with van der Waals surface area (Å²) < 4.78 is 13.8. The molecule has 0 amide bonds. The molecule has 4 heteroatoms. The highest BCUT2D eigenvalue weighted by Crippen LogP contribution is 2.68. The number of halogens is 1. The Hall–Kier alpha value is -1.52. The predicted molar refractivity (Wildman–Crippen MR) is 102 cm³/mol. The summed E-state index contributed by atoms with van der Waals surface area (Å²) in [4.78, 5) is 4.41. The fourth-order valence-electron chi connectivity index (χ4n) is 5.97. The second kappa shape index (κ2) is 6.28. The zero-order chi connectivity index (χ0) is 18.5. The molecule has 26 heavy (non-hydrogen) atoms. The van der Waals surface area contributed by atoms with Gasteiger partial charge in [0.15, 0.2) is 0 Å². The molecule has 1 unspecified atom stereocenters. The van der Waals surface area contributed by atoms with Crippen LogP contribution < -0.4 is 5.32 Å². The van der Waals surface area contributed by atoms with E-state index in [1.165, 1.54) is 11.6 Å². The molecule has 2 N–H and O–H groups in total. The van der Waals surface area contributed by atoms with Crippen molar-refractivity contribution in [3.63, 3.8) is 0 Å². The van der Waals surface area contributed by atoms with Gasteiger partial charge in [0.2, 0.25) is 0 Å². The average molecular weight is 356 g/mol. The summed E-state index contributed by atoms with van der Waals surface area (Å²) in [6.45, 7) is 4.84. The Kier molecular flexibility index (Phi) is 4.31. The van der Waals surface area contributed by atoms with E-state index >= 15 is 0 Å². The first kappa shape index (κ1) is 17.9. The number of hydrogen-bond acceptors (Lipinski definition) is 3. The highest BCUT2D eigenvalue weighted by Gasteiger charge is 2.58. The number of hydrogen-bond donors (Lipinski definition) is 2. The van der Waals surface area contributed by atoms with E-state index in [1.807, 2.05) is 13.2 Å². The standard InChI is InChI=1S/C22H29FN2O/c1-21-10-14(8-20(26)24-3)11-22(21,2)13-15(12-21)17-6-7-25-19-5-4-16(23)9-18(17)19/h4-7,9,14-15,20,24,26H,8,10-13H2,1-3H3/t14-,15+,20?,21-,22+. The number of nitrogens with one attached hydrogen (secondary N) is 1. The zero-order valence-electron chi connectivity index (χ0n) is 15.9. The van der Waals surface area contributed by atoms with E-state index in [9.17, 15) is 9.50 Å². The molecule has 2 aliphatic carbocycles. The van der Waals surface area contributed by atoms with Crippen molar-refractivity contribution in [1.29, 1.82) is 0 Å². The lowest BCUT2D eigenvalue weighted by Crippen LogP contribution is -2.27. The van der Waals surface area contributed by atoms with E-state index in [2.05, 4.69) is 30.2 Å². The molecule has 1 aromatic heterocycles. The van der Waals surface area contributed by atoms with Crippen molar-refractivity contribution in [3.8, 4) is 0 Å². The Bertz CT molecular complexity index is 805. The first-order chi connectivity index (χ1) is 12.3. The SMILES string of the molecule is CNC(O)C[C@H]1C[C@@]2(C)C[C@@H](c3ccnc4ccc(F)cc34)C[C@@]2(C)C1. The smallest absolute Gasteiger partial charge is 0.123 e. The Morgan fingerprint density at radius 2 is 1.88 bits per heavy atom. The van der Waals surface area contributed by atoms with E-state index in [0.717, 1.165) is 43.0 Å². The number of nitrogens with zero attached hydrogens (tertiary/aromatic N) is 1. The highest BCUT2D eigenvalue weighted by atomic mass is 19.1. The summed E-state index contributed by atoms with van der Waals surface area (Å²) in [5, 5.41) is 13.9. The first-order valence-electron chi connectivity index (χ1n) is 9.73. The van der Waals surface area contributed by atoms with Crippen LogP contribution in [0.15, 0.2) is 30.5 Å². The summed E-state index contributed by atoms with van der Waals surface area (Å²) in [5.41, 5.74) is 2.68. The number of aliphatic hydroxyl groups is 1. The van der Waals surface area contributed by atoms with E-state index in [1.54, 1.807) is 12.1 Å². The van der Waals surface area contributed by atoms with Gasteiger partial charge in [0.05, 0.1) is 5.52 Å². The topological polar surface area (TPSA) is 45.1 Å². The molecule has 0 radical (unpaired) electrons. The van der Waals surface area contributed by atoms with Crippen LogP contribution in [0.3, 0.4) is 0 Å². The second-order valence-electron chi connectivity index (χ2n) is 9.10. The largest absolute Gasteiger partial charge is 0.379 e. The maximum atomic E-state index is 13.8. The quantitative estimate of drug-likeness (QED) is 0.787. The normalized spacial score (nSPS) is 35.0. The van der Waals surface area contributed by atoms with Crippen LogP contribution in [-0.4, -0.2) is 23.4 Å². The molecule has 1 heterocycles. The summed E-state index contributed by atoms with van der Waals surface area (Å²) in [7, 11) is 1.81. The van der Waals surface area contributed by atoms with Gasteiger partial charge in [-0.25, -0.2) is 4.39 Å². The van der Waals surface area contributed by atoms with Crippen LogP contribution in [0.5, 0.6) is 0 Å². The van der Waals surface area contributed by atoms with Crippen LogP contribution in [0.25, 0.3) is 10.9 Å². The maximum absolute atomic E-state index is 13.8. The van der Waals surface area contributed by atoms with Crippen LogP contribution in [0.4, 0.5) is 4.39 Å². The lowest BCUT2D eigenvalue weighted by molar-refractivity contribution is 0.113. The van der Waals surface area contributed by atoms with Crippen molar-refractivity contribution < 1.29 is 9.50 Å². The second-order valence-corrected chi connectivity index (χ2v) is 9.10. The van der Waals surface area contributed by atoms with Gasteiger partial charge in [-0.3, -0.25) is 10.3 Å². The van der Waals surface area contributed by atoms with Crippen molar-refractivity contribution in [3.05, 3.63) is 41.8 Å². The number of benzene rings is 1. The number of fused-ring (bicyclic) bond motifs is 2. The minimum Gasteiger partial charge on any atom is -0.379 e. The van der Waals surface area contributed by atoms with Crippen molar-refractivity contribution in [2.75, 3.05) is 7.05 Å². The van der Waals surface area contributed by atoms with Gasteiger partial charge < -0.3 is 5.11 Å². The molecule has 5 atom stereocenters. The molecular weight excluding hydrogens is 327 g/mol. The molecule has 0 spiro atoms. The summed E-state index contributed by atoms with van der Waals surface area (Å²) in [5.74, 6) is 0.830. The molecule has 2 fully saturated rings. The summed E-state index contributed by atoms with van der Waals surface area (Å²) in [6.07, 6.45) is 6.87. The third-order valence-electron chi connectivity index (χ3n) is 7.40. The minimum atomic E-state index is -0.408. The van der Waals surface area contributed by atoms with Crippen molar-refractivity contribution in [2.24, 2.45) is 16.7 Å². The lowest BCUT2D eigenvalue weighted by Gasteiger charge is -2.34. The molecule has 2 aromatic rings. The fraction of sp³-hybridized carbons (Fsp3) is 0.591. The Morgan fingerprint density at radius 3 is 2.54 bits per heavy atom. The third-order valence-corrected chi connectivity index (χ3v) is 7.40. The van der Waals surface area contributed by atoms with E-state index in [-0.39, 0.29) is 16.6 Å². The van der Waals surface area contributed by atoms with Gasteiger partial charge in [-0.15, -0.1) is 0 Å². The Morgan fingerprint density at radius 1 is 1.19 bits per heavy atom. The average Bonchev–Trinajstić information content (AvgIpc) is 2.97. The van der Waals surface area contributed by atoms with Crippen LogP contribution >= 0.6 is 0 Å². The van der Waals surface area contributed by atoms with Gasteiger partial charge in [0.25, 0.3) is 0 Å². The van der Waals surface area contributed by atoms with Gasteiger partial charge in [-0.05, 0) is 91.6 Å². The Balaban J connectivity index is 1.61. The molecule has 2 aliphatic rings. The molecule has 140 valence electrons. The molecule has 4 rings (SSSR count). The third kappa shape index (κ3) is 2.84. The summed E-state index contributed by atoms with van der Waals surface area (Å²) >= 11 is 0.